The lowest BCUT2D eigenvalue weighted by Crippen LogP contribution is -1.89. The van der Waals surface area contributed by atoms with E-state index in [9.17, 15) is 0 Å². The van der Waals surface area contributed by atoms with Gasteiger partial charge in [0.2, 0.25) is 0 Å². The lowest BCUT2D eigenvalue weighted by atomic mass is 10.0. The average Bonchev–Trinajstić information content (AvgIpc) is 2.19. The largest absolute Gasteiger partial charge is 0.0654 e. The van der Waals surface area contributed by atoms with Gasteiger partial charge < -0.3 is 0 Å². The van der Waals surface area contributed by atoms with Gasteiger partial charge in [-0.25, -0.2) is 0 Å². The van der Waals surface area contributed by atoms with Crippen molar-refractivity contribution in [2.24, 2.45) is 5.92 Å². The van der Waals surface area contributed by atoms with Crippen molar-refractivity contribution >= 4 is 0 Å². The maximum Gasteiger partial charge on any atom is -0.0383 e. The maximum absolute atomic E-state index is 2.43. The fraction of sp³-hybridized carbons (Fsp3) is 0.875. The van der Waals surface area contributed by atoms with Crippen molar-refractivity contribution in [3.05, 3.63) is 6.42 Å². The second-order valence-electron chi connectivity index (χ2n) is 2.76. The normalized spacial score (nSPS) is 22.1. The van der Waals surface area contributed by atoms with Crippen molar-refractivity contribution in [1.82, 2.24) is 0 Å². The molecule has 0 aromatic carbocycles. The molecule has 0 saturated heterocycles. The Balaban J connectivity index is 2.06. The third kappa shape index (κ3) is 1.50. The molecule has 0 N–H and O–H groups in total. The van der Waals surface area contributed by atoms with E-state index in [1.54, 1.807) is 0 Å². The molecule has 1 fully saturated rings. The first-order valence-electron chi connectivity index (χ1n) is 3.75. The van der Waals surface area contributed by atoms with Crippen LogP contribution in [0.15, 0.2) is 0 Å². The van der Waals surface area contributed by atoms with Crippen LogP contribution in [0.4, 0.5) is 0 Å². The molecule has 0 spiro atoms. The van der Waals surface area contributed by atoms with Crippen molar-refractivity contribution in [1.29, 1.82) is 0 Å². The van der Waals surface area contributed by atoms with Gasteiger partial charge >= 0.3 is 0 Å². The van der Waals surface area contributed by atoms with Crippen LogP contribution in [-0.2, 0) is 0 Å². The molecule has 0 aliphatic heterocycles. The predicted molar refractivity (Wildman–Crippen MR) is 36.5 cm³/mol. The minimum Gasteiger partial charge on any atom is -0.0654 e. The molecule has 1 saturated carbocycles. The molecule has 1 aliphatic rings. The smallest absolute Gasteiger partial charge is 0.0383 e. The number of hydrogen-bond acceptors (Lipinski definition) is 0. The number of hydrogen-bond donors (Lipinski definition) is 0. The summed E-state index contributed by atoms with van der Waals surface area (Å²) in [5.41, 5.74) is 0. The highest BCUT2D eigenvalue weighted by Gasteiger charge is 2.12. The lowest BCUT2D eigenvalue weighted by molar-refractivity contribution is 0.502. The summed E-state index contributed by atoms with van der Waals surface area (Å²) in [5.74, 6) is 1.06. The van der Waals surface area contributed by atoms with Crippen LogP contribution in [-0.4, -0.2) is 0 Å². The van der Waals surface area contributed by atoms with Crippen molar-refractivity contribution in [2.75, 3.05) is 0 Å². The molecule has 1 unspecified atom stereocenters. The van der Waals surface area contributed by atoms with Crippen LogP contribution < -0.4 is 0 Å². The van der Waals surface area contributed by atoms with E-state index in [4.69, 9.17) is 0 Å². The minimum absolute atomic E-state index is 1.06. The van der Waals surface area contributed by atoms with Crippen LogP contribution in [0, 0.1) is 12.3 Å². The summed E-state index contributed by atoms with van der Waals surface area (Å²) >= 11 is 0. The van der Waals surface area contributed by atoms with Gasteiger partial charge in [-0.2, -0.15) is 0 Å². The van der Waals surface area contributed by atoms with E-state index in [1.807, 2.05) is 0 Å². The Labute approximate surface area is 52.3 Å². The SMILES string of the molecule is CCCC1C[CH]CC1. The molecule has 0 aromatic rings. The van der Waals surface area contributed by atoms with Gasteiger partial charge in [-0.1, -0.05) is 26.2 Å². The molecule has 1 atom stereocenters. The topological polar surface area (TPSA) is 0 Å². The van der Waals surface area contributed by atoms with Gasteiger partial charge in [0, 0.05) is 0 Å². The van der Waals surface area contributed by atoms with Crippen LogP contribution in [0.5, 0.6) is 0 Å². The fourth-order valence-electron chi connectivity index (χ4n) is 1.50. The third-order valence-electron chi connectivity index (χ3n) is 1.98. The summed E-state index contributed by atoms with van der Waals surface area (Å²) < 4.78 is 0. The molecule has 47 valence electrons. The molecule has 1 rings (SSSR count). The van der Waals surface area contributed by atoms with Gasteiger partial charge in [-0.15, -0.1) is 0 Å². The predicted octanol–water partition coefficient (Wildman–Crippen LogP) is 2.79. The molecule has 0 heteroatoms. The molecule has 0 heterocycles. The first-order chi connectivity index (χ1) is 3.93. The summed E-state index contributed by atoms with van der Waals surface area (Å²) in [5, 5.41) is 0. The van der Waals surface area contributed by atoms with Gasteiger partial charge in [-0.3, -0.25) is 0 Å². The van der Waals surface area contributed by atoms with Crippen molar-refractivity contribution in [2.45, 2.75) is 39.0 Å². The monoisotopic (exact) mass is 111 g/mol. The van der Waals surface area contributed by atoms with Gasteiger partial charge in [0.1, 0.15) is 0 Å². The van der Waals surface area contributed by atoms with E-state index in [2.05, 4.69) is 13.3 Å². The quantitative estimate of drug-likeness (QED) is 0.514. The van der Waals surface area contributed by atoms with Gasteiger partial charge in [0.25, 0.3) is 0 Å². The molecular formula is C8H15. The summed E-state index contributed by atoms with van der Waals surface area (Å²) in [6, 6.07) is 0. The van der Waals surface area contributed by atoms with Crippen LogP contribution >= 0.6 is 0 Å². The highest BCUT2D eigenvalue weighted by atomic mass is 14.2. The zero-order valence-electron chi connectivity index (χ0n) is 5.69. The Morgan fingerprint density at radius 2 is 2.50 bits per heavy atom. The second-order valence-corrected chi connectivity index (χ2v) is 2.76. The van der Waals surface area contributed by atoms with E-state index in [1.165, 1.54) is 32.1 Å². The molecule has 0 nitrogen and oxygen atoms in total. The Morgan fingerprint density at radius 3 is 3.00 bits per heavy atom. The van der Waals surface area contributed by atoms with Crippen LogP contribution in [0.2, 0.25) is 0 Å². The Kier molecular flexibility index (Phi) is 2.38. The molecule has 0 amide bonds. The van der Waals surface area contributed by atoms with Gasteiger partial charge in [0.05, 0.1) is 0 Å². The fourth-order valence-corrected chi connectivity index (χ4v) is 1.50. The minimum atomic E-state index is 1.06. The summed E-state index contributed by atoms with van der Waals surface area (Å²) in [6.45, 7) is 2.28. The Hall–Kier alpha value is 0. The Bertz CT molecular complexity index is 51.1. The van der Waals surface area contributed by atoms with E-state index in [0.717, 1.165) is 5.92 Å². The molecule has 8 heavy (non-hydrogen) atoms. The highest BCUT2D eigenvalue weighted by molar-refractivity contribution is 4.79. The lowest BCUT2D eigenvalue weighted by Gasteiger charge is -2.03. The molecule has 0 aromatic heterocycles. The van der Waals surface area contributed by atoms with Crippen LogP contribution in [0.25, 0.3) is 0 Å². The first-order valence-corrected chi connectivity index (χ1v) is 3.75. The van der Waals surface area contributed by atoms with Gasteiger partial charge in [0.15, 0.2) is 0 Å². The van der Waals surface area contributed by atoms with Crippen LogP contribution in [0.3, 0.4) is 0 Å². The van der Waals surface area contributed by atoms with E-state index in [0.29, 0.717) is 0 Å². The zero-order valence-corrected chi connectivity index (χ0v) is 5.69. The van der Waals surface area contributed by atoms with E-state index < -0.39 is 0 Å². The summed E-state index contributed by atoms with van der Waals surface area (Å²) in [6.07, 6.45) is 9.50. The molecule has 0 bridgehead atoms. The number of rotatable bonds is 2. The summed E-state index contributed by atoms with van der Waals surface area (Å²) in [7, 11) is 0. The highest BCUT2D eigenvalue weighted by Crippen LogP contribution is 2.27. The second kappa shape index (κ2) is 3.11. The molecule has 1 aliphatic carbocycles. The van der Waals surface area contributed by atoms with E-state index >= 15 is 0 Å². The van der Waals surface area contributed by atoms with Crippen LogP contribution in [0.1, 0.15) is 39.0 Å². The standard InChI is InChI=1S/C8H15/c1-2-5-8-6-3-4-7-8/h3,8H,2,4-7H2,1H3. The first kappa shape index (κ1) is 6.12. The molecule has 1 radical (unpaired) electrons. The third-order valence-corrected chi connectivity index (χ3v) is 1.98. The zero-order chi connectivity index (χ0) is 5.82. The molecular weight excluding hydrogens is 96.1 g/mol. The van der Waals surface area contributed by atoms with Crippen molar-refractivity contribution < 1.29 is 0 Å². The maximum atomic E-state index is 2.43. The van der Waals surface area contributed by atoms with E-state index in [-0.39, 0.29) is 0 Å². The average molecular weight is 111 g/mol. The Morgan fingerprint density at radius 1 is 1.62 bits per heavy atom. The van der Waals surface area contributed by atoms with Crippen molar-refractivity contribution in [3.8, 4) is 0 Å². The van der Waals surface area contributed by atoms with Crippen molar-refractivity contribution in [3.63, 3.8) is 0 Å². The van der Waals surface area contributed by atoms with Gasteiger partial charge in [-0.05, 0) is 25.2 Å². The summed E-state index contributed by atoms with van der Waals surface area (Å²) in [4.78, 5) is 0.